The van der Waals surface area contributed by atoms with Gasteiger partial charge in [0.05, 0.1) is 12.8 Å². The highest BCUT2D eigenvalue weighted by Gasteiger charge is 2.33. The van der Waals surface area contributed by atoms with Gasteiger partial charge < -0.3 is 20.0 Å². The molecule has 0 radical (unpaired) electrons. The highest BCUT2D eigenvalue weighted by Crippen LogP contribution is 2.29. The Morgan fingerprint density at radius 2 is 2.11 bits per heavy atom. The number of furan rings is 1. The second kappa shape index (κ2) is 11.2. The van der Waals surface area contributed by atoms with Gasteiger partial charge in [-0.25, -0.2) is 9.98 Å². The minimum Gasteiger partial charge on any atom is -0.469 e. The van der Waals surface area contributed by atoms with Crippen LogP contribution >= 0.6 is 35.3 Å². The quantitative estimate of drug-likeness (QED) is 0.327. The SMILES string of the molecule is CN(C)C(=O)CN=C(NCCc1ccco1)NCc1nc(C(F)(F)F)cs1.I. The number of guanidine groups is 1. The predicted molar refractivity (Wildman–Crippen MR) is 111 cm³/mol. The number of likely N-dealkylation sites (N-methyl/N-ethyl adjacent to an activating group) is 1. The van der Waals surface area contributed by atoms with Gasteiger partial charge in [0.25, 0.3) is 0 Å². The van der Waals surface area contributed by atoms with E-state index in [1.807, 2.05) is 6.07 Å². The van der Waals surface area contributed by atoms with Crippen molar-refractivity contribution in [1.82, 2.24) is 20.5 Å². The van der Waals surface area contributed by atoms with Crippen molar-refractivity contribution < 1.29 is 22.4 Å². The van der Waals surface area contributed by atoms with Crippen LogP contribution < -0.4 is 10.6 Å². The number of alkyl halides is 3. The second-order valence-corrected chi connectivity index (χ2v) is 6.63. The number of halogens is 4. The highest BCUT2D eigenvalue weighted by molar-refractivity contribution is 14.0. The molecule has 156 valence electrons. The first-order valence-electron chi connectivity index (χ1n) is 8.02. The van der Waals surface area contributed by atoms with Crippen LogP contribution in [0.25, 0.3) is 0 Å². The zero-order valence-electron chi connectivity index (χ0n) is 15.2. The van der Waals surface area contributed by atoms with E-state index >= 15 is 0 Å². The van der Waals surface area contributed by atoms with E-state index in [2.05, 4.69) is 20.6 Å². The molecular formula is C16H21F3IN5O2S. The number of rotatable bonds is 7. The summed E-state index contributed by atoms with van der Waals surface area (Å²) in [7, 11) is 3.23. The van der Waals surface area contributed by atoms with Crippen molar-refractivity contribution in [2.45, 2.75) is 19.1 Å². The molecule has 0 aliphatic carbocycles. The number of nitrogens with zero attached hydrogens (tertiary/aromatic N) is 3. The van der Waals surface area contributed by atoms with Crippen LogP contribution in [-0.2, 0) is 23.9 Å². The molecule has 0 aromatic carbocycles. The first-order valence-corrected chi connectivity index (χ1v) is 8.90. The van der Waals surface area contributed by atoms with Gasteiger partial charge in [-0.3, -0.25) is 4.79 Å². The second-order valence-electron chi connectivity index (χ2n) is 5.69. The molecule has 0 aliphatic rings. The Bertz CT molecular complexity index is 763. The maximum Gasteiger partial charge on any atom is 0.434 e. The summed E-state index contributed by atoms with van der Waals surface area (Å²) < 4.78 is 43.1. The number of hydrogen-bond donors (Lipinski definition) is 2. The normalized spacial score (nSPS) is 11.7. The molecule has 2 rings (SSSR count). The number of aliphatic imine (C=N–C) groups is 1. The van der Waals surface area contributed by atoms with E-state index in [9.17, 15) is 18.0 Å². The van der Waals surface area contributed by atoms with Crippen LogP contribution in [0.3, 0.4) is 0 Å². The van der Waals surface area contributed by atoms with Crippen molar-refractivity contribution in [1.29, 1.82) is 0 Å². The third kappa shape index (κ3) is 8.04. The average Bonchev–Trinajstić information content (AvgIpc) is 3.27. The van der Waals surface area contributed by atoms with Crippen LogP contribution in [0, 0.1) is 0 Å². The molecule has 28 heavy (non-hydrogen) atoms. The molecule has 0 aliphatic heterocycles. The van der Waals surface area contributed by atoms with Gasteiger partial charge in [0.2, 0.25) is 5.91 Å². The lowest BCUT2D eigenvalue weighted by Gasteiger charge is -2.13. The van der Waals surface area contributed by atoms with Crippen molar-refractivity contribution in [3.05, 3.63) is 40.2 Å². The fraction of sp³-hybridized carbons (Fsp3) is 0.438. The molecule has 0 saturated carbocycles. The van der Waals surface area contributed by atoms with Crippen LogP contribution in [-0.4, -0.2) is 48.9 Å². The molecule has 0 spiro atoms. The first kappa shape index (κ1) is 24.2. The summed E-state index contributed by atoms with van der Waals surface area (Å²) in [5, 5.41) is 7.15. The highest BCUT2D eigenvalue weighted by atomic mass is 127. The van der Waals surface area contributed by atoms with Crippen molar-refractivity contribution in [3.63, 3.8) is 0 Å². The molecule has 12 heteroatoms. The third-order valence-corrected chi connectivity index (χ3v) is 4.21. The number of nitrogens with one attached hydrogen (secondary N) is 2. The maximum absolute atomic E-state index is 12.6. The van der Waals surface area contributed by atoms with Crippen LogP contribution in [0.4, 0.5) is 13.2 Å². The summed E-state index contributed by atoms with van der Waals surface area (Å²) in [6.45, 7) is 0.444. The van der Waals surface area contributed by atoms with Crippen molar-refractivity contribution in [2.24, 2.45) is 4.99 Å². The summed E-state index contributed by atoms with van der Waals surface area (Å²) in [6.07, 6.45) is -2.31. The van der Waals surface area contributed by atoms with Gasteiger partial charge in [-0.1, -0.05) is 0 Å². The molecule has 7 nitrogen and oxygen atoms in total. The summed E-state index contributed by atoms with van der Waals surface area (Å²) in [6, 6.07) is 3.61. The van der Waals surface area contributed by atoms with E-state index in [-0.39, 0.29) is 48.0 Å². The van der Waals surface area contributed by atoms with Gasteiger partial charge in [0.15, 0.2) is 11.7 Å². The molecule has 0 saturated heterocycles. The molecule has 0 fully saturated rings. The number of amides is 1. The zero-order valence-corrected chi connectivity index (χ0v) is 18.4. The zero-order chi connectivity index (χ0) is 19.9. The number of thiazole rings is 1. The topological polar surface area (TPSA) is 82.8 Å². The molecule has 2 N–H and O–H groups in total. The fourth-order valence-electron chi connectivity index (χ4n) is 1.90. The van der Waals surface area contributed by atoms with Crippen LogP contribution in [0.1, 0.15) is 16.5 Å². The van der Waals surface area contributed by atoms with E-state index in [1.54, 1.807) is 26.4 Å². The predicted octanol–water partition coefficient (Wildman–Crippen LogP) is 2.74. The van der Waals surface area contributed by atoms with Gasteiger partial charge in [-0.2, -0.15) is 13.2 Å². The summed E-state index contributed by atoms with van der Waals surface area (Å²) in [4.78, 5) is 20.8. The first-order chi connectivity index (χ1) is 12.8. The third-order valence-electron chi connectivity index (χ3n) is 3.36. The average molecular weight is 531 g/mol. The maximum atomic E-state index is 12.6. The largest absolute Gasteiger partial charge is 0.469 e. The van der Waals surface area contributed by atoms with E-state index in [1.165, 1.54) is 4.90 Å². The molecule has 0 unspecified atom stereocenters. The molecule has 0 atom stereocenters. The Morgan fingerprint density at radius 3 is 2.68 bits per heavy atom. The monoisotopic (exact) mass is 531 g/mol. The van der Waals surface area contributed by atoms with E-state index in [0.29, 0.717) is 18.9 Å². The van der Waals surface area contributed by atoms with E-state index in [0.717, 1.165) is 22.5 Å². The Labute approximate surface area is 181 Å². The summed E-state index contributed by atoms with van der Waals surface area (Å²) in [5.74, 6) is 0.886. The van der Waals surface area contributed by atoms with Crippen LogP contribution in [0.2, 0.25) is 0 Å². The molecule has 1 amide bonds. The molecule has 2 aromatic rings. The number of carbonyl (C=O) groups is 1. The van der Waals surface area contributed by atoms with Gasteiger partial charge in [0.1, 0.15) is 17.3 Å². The summed E-state index contributed by atoms with van der Waals surface area (Å²) in [5.41, 5.74) is -0.920. The van der Waals surface area contributed by atoms with Crippen LogP contribution in [0.5, 0.6) is 0 Å². The van der Waals surface area contributed by atoms with Gasteiger partial charge in [0, 0.05) is 32.4 Å². The molecule has 2 heterocycles. The van der Waals surface area contributed by atoms with E-state index in [4.69, 9.17) is 4.42 Å². The van der Waals surface area contributed by atoms with Crippen molar-refractivity contribution >= 4 is 47.2 Å². The van der Waals surface area contributed by atoms with E-state index < -0.39 is 11.9 Å². The molecule has 0 bridgehead atoms. The Balaban J connectivity index is 0.00000392. The van der Waals surface area contributed by atoms with Gasteiger partial charge in [-0.15, -0.1) is 35.3 Å². The Morgan fingerprint density at radius 1 is 1.36 bits per heavy atom. The number of hydrogen-bond acceptors (Lipinski definition) is 5. The fourth-order valence-corrected chi connectivity index (χ4v) is 2.64. The standard InChI is InChI=1S/C16H20F3N5O2S.HI/c1-24(2)14(25)9-22-15(20-6-5-11-4-3-7-26-11)21-8-13-23-12(10-27-13)16(17,18)19;/h3-4,7,10H,5-6,8-9H2,1-2H3,(H2,20,21,22);1H. The van der Waals surface area contributed by atoms with Gasteiger partial charge in [-0.05, 0) is 12.1 Å². The lowest BCUT2D eigenvalue weighted by atomic mass is 10.3. The number of carbonyl (C=O) groups excluding carboxylic acids is 1. The van der Waals surface area contributed by atoms with Crippen molar-refractivity contribution in [2.75, 3.05) is 27.2 Å². The lowest BCUT2D eigenvalue weighted by molar-refractivity contribution is -0.140. The Hall–Kier alpha value is -1.83. The minimum absolute atomic E-state index is 0. The summed E-state index contributed by atoms with van der Waals surface area (Å²) >= 11 is 0.903. The Kier molecular flexibility index (Phi) is 9.72. The number of aromatic nitrogens is 1. The lowest BCUT2D eigenvalue weighted by Crippen LogP contribution is -2.39. The van der Waals surface area contributed by atoms with Crippen molar-refractivity contribution in [3.8, 4) is 0 Å². The van der Waals surface area contributed by atoms with Gasteiger partial charge >= 0.3 is 6.18 Å². The molecular weight excluding hydrogens is 510 g/mol. The van der Waals surface area contributed by atoms with Crippen LogP contribution in [0.15, 0.2) is 33.2 Å². The smallest absolute Gasteiger partial charge is 0.434 e. The molecule has 2 aromatic heterocycles. The minimum atomic E-state index is -4.47.